The summed E-state index contributed by atoms with van der Waals surface area (Å²) in [5.41, 5.74) is 2.85. The van der Waals surface area contributed by atoms with Crippen LogP contribution in [-0.2, 0) is 7.05 Å². The number of benzene rings is 1. The van der Waals surface area contributed by atoms with Gasteiger partial charge in [-0.1, -0.05) is 6.07 Å². The van der Waals surface area contributed by atoms with Crippen LogP contribution in [-0.4, -0.2) is 37.2 Å². The number of halogens is 1. The van der Waals surface area contributed by atoms with Gasteiger partial charge in [0.1, 0.15) is 17.6 Å². The molecule has 0 aliphatic heterocycles. The third-order valence-electron chi connectivity index (χ3n) is 6.29. The van der Waals surface area contributed by atoms with E-state index in [1.165, 1.54) is 6.07 Å². The van der Waals surface area contributed by atoms with Crippen LogP contribution < -0.4 is 10.1 Å². The lowest BCUT2D eigenvalue weighted by molar-refractivity contribution is 0.126. The van der Waals surface area contributed by atoms with Crippen LogP contribution in [0, 0.1) is 17.1 Å². The standard InChI is InChI=1S/C25H26FN7O/c1-3-28-23-11-21-20(14-29-23)25(17-13-30-32(2)15-17)31-33(21)18-7-9-19(10-8-18)34-22-6-4-5-16(12-27)24(22)26/h4-6,11,13-15,18-19H,3,7-10H2,1-2H3,(H,28,29)/t18-,19+. The van der Waals surface area contributed by atoms with E-state index in [1.807, 2.05) is 38.6 Å². The Morgan fingerprint density at radius 3 is 2.76 bits per heavy atom. The summed E-state index contributed by atoms with van der Waals surface area (Å²) in [6.07, 6.45) is 8.80. The first kappa shape index (κ1) is 21.9. The van der Waals surface area contributed by atoms with Crippen molar-refractivity contribution >= 4 is 16.7 Å². The summed E-state index contributed by atoms with van der Waals surface area (Å²) in [5.74, 6) is 0.376. The molecule has 0 bridgehead atoms. The van der Waals surface area contributed by atoms with E-state index in [9.17, 15) is 4.39 Å². The molecule has 0 unspecified atom stereocenters. The second-order valence-corrected chi connectivity index (χ2v) is 8.59. The minimum absolute atomic E-state index is 0.00207. The van der Waals surface area contributed by atoms with Gasteiger partial charge in [0.15, 0.2) is 11.6 Å². The van der Waals surface area contributed by atoms with E-state index in [-0.39, 0.29) is 23.5 Å². The molecule has 5 rings (SSSR count). The van der Waals surface area contributed by atoms with Crippen LogP contribution in [0.1, 0.15) is 44.2 Å². The Hall–Kier alpha value is -3.93. The highest BCUT2D eigenvalue weighted by Gasteiger charge is 2.27. The molecule has 0 saturated heterocycles. The number of hydrogen-bond acceptors (Lipinski definition) is 6. The summed E-state index contributed by atoms with van der Waals surface area (Å²) < 4.78 is 24.2. The fraction of sp³-hybridized carbons (Fsp3) is 0.360. The number of anilines is 1. The topological polar surface area (TPSA) is 93.6 Å². The number of rotatable bonds is 6. The Bertz CT molecular complexity index is 1360. The van der Waals surface area contributed by atoms with Crippen LogP contribution in [0.4, 0.5) is 10.2 Å². The van der Waals surface area contributed by atoms with Gasteiger partial charge >= 0.3 is 0 Å². The maximum absolute atomic E-state index is 14.4. The number of aromatic nitrogens is 5. The van der Waals surface area contributed by atoms with Crippen LogP contribution in [0.25, 0.3) is 22.2 Å². The number of nitriles is 1. The Morgan fingerprint density at radius 1 is 1.24 bits per heavy atom. The van der Waals surface area contributed by atoms with Crippen LogP contribution >= 0.6 is 0 Å². The molecule has 3 aromatic heterocycles. The third-order valence-corrected chi connectivity index (χ3v) is 6.29. The lowest BCUT2D eigenvalue weighted by atomic mass is 9.93. The molecule has 1 saturated carbocycles. The van der Waals surface area contributed by atoms with E-state index in [4.69, 9.17) is 15.1 Å². The first-order chi connectivity index (χ1) is 16.6. The molecule has 34 heavy (non-hydrogen) atoms. The van der Waals surface area contributed by atoms with Gasteiger partial charge in [0, 0.05) is 43.0 Å². The van der Waals surface area contributed by atoms with Gasteiger partial charge in [0.25, 0.3) is 0 Å². The lowest BCUT2D eigenvalue weighted by Gasteiger charge is -2.29. The zero-order valence-corrected chi connectivity index (χ0v) is 19.2. The smallest absolute Gasteiger partial charge is 0.182 e. The molecule has 0 amide bonds. The molecule has 3 heterocycles. The minimum Gasteiger partial charge on any atom is -0.487 e. The predicted molar refractivity (Wildman–Crippen MR) is 127 cm³/mol. The fourth-order valence-corrected chi connectivity index (χ4v) is 4.62. The van der Waals surface area contributed by atoms with Gasteiger partial charge in [-0.3, -0.25) is 9.36 Å². The molecule has 1 aromatic carbocycles. The molecular formula is C25H26FN7O. The average molecular weight is 460 g/mol. The fourth-order valence-electron chi connectivity index (χ4n) is 4.62. The number of nitrogens with one attached hydrogen (secondary N) is 1. The SMILES string of the molecule is CCNc1cc2c(cn1)c(-c1cnn(C)c1)nn2[C@H]1CC[C@@H](Oc2cccc(C#N)c2F)CC1. The van der Waals surface area contributed by atoms with Gasteiger partial charge in [0.05, 0.1) is 29.4 Å². The predicted octanol–water partition coefficient (Wildman–Crippen LogP) is 4.84. The summed E-state index contributed by atoms with van der Waals surface area (Å²) >= 11 is 0. The molecule has 0 radical (unpaired) electrons. The van der Waals surface area contributed by atoms with E-state index in [0.717, 1.165) is 60.2 Å². The summed E-state index contributed by atoms with van der Waals surface area (Å²) in [7, 11) is 1.89. The summed E-state index contributed by atoms with van der Waals surface area (Å²) in [5, 5.41) is 22.6. The molecule has 0 atom stereocenters. The minimum atomic E-state index is -0.588. The van der Waals surface area contributed by atoms with Crippen LogP contribution in [0.15, 0.2) is 42.9 Å². The van der Waals surface area contributed by atoms with Crippen molar-refractivity contribution in [2.45, 2.75) is 44.8 Å². The Labute approximate surface area is 197 Å². The van der Waals surface area contributed by atoms with Crippen LogP contribution in [0.3, 0.4) is 0 Å². The van der Waals surface area contributed by atoms with E-state index in [2.05, 4.69) is 26.1 Å². The lowest BCUT2D eigenvalue weighted by Crippen LogP contribution is -2.26. The highest BCUT2D eigenvalue weighted by Crippen LogP contribution is 2.36. The average Bonchev–Trinajstić information content (AvgIpc) is 3.44. The first-order valence-electron chi connectivity index (χ1n) is 11.5. The normalized spacial score (nSPS) is 18.1. The molecule has 0 spiro atoms. The van der Waals surface area contributed by atoms with Gasteiger partial charge in [-0.2, -0.15) is 15.5 Å². The van der Waals surface area contributed by atoms with Gasteiger partial charge in [-0.15, -0.1) is 0 Å². The second-order valence-electron chi connectivity index (χ2n) is 8.59. The van der Waals surface area contributed by atoms with E-state index < -0.39 is 5.82 Å². The third kappa shape index (κ3) is 4.07. The van der Waals surface area contributed by atoms with Gasteiger partial charge in [0.2, 0.25) is 0 Å². The van der Waals surface area contributed by atoms with E-state index >= 15 is 0 Å². The second kappa shape index (κ2) is 9.14. The molecule has 9 heteroatoms. The zero-order chi connectivity index (χ0) is 23.7. The largest absolute Gasteiger partial charge is 0.487 e. The van der Waals surface area contributed by atoms with Crippen molar-refractivity contribution < 1.29 is 9.13 Å². The highest BCUT2D eigenvalue weighted by molar-refractivity contribution is 5.93. The number of fused-ring (bicyclic) bond motifs is 1. The molecule has 8 nitrogen and oxygen atoms in total. The quantitative estimate of drug-likeness (QED) is 0.444. The number of nitrogens with zero attached hydrogens (tertiary/aromatic N) is 6. The monoisotopic (exact) mass is 459 g/mol. The van der Waals surface area contributed by atoms with Gasteiger partial charge in [-0.05, 0) is 44.7 Å². The highest BCUT2D eigenvalue weighted by atomic mass is 19.1. The van der Waals surface area contributed by atoms with Crippen molar-refractivity contribution in [1.29, 1.82) is 5.26 Å². The van der Waals surface area contributed by atoms with Crippen molar-refractivity contribution in [3.8, 4) is 23.1 Å². The van der Waals surface area contributed by atoms with Gasteiger partial charge in [-0.25, -0.2) is 9.37 Å². The summed E-state index contributed by atoms with van der Waals surface area (Å²) in [6, 6.07) is 8.80. The Kier molecular flexibility index (Phi) is 5.88. The summed E-state index contributed by atoms with van der Waals surface area (Å²) in [6.45, 7) is 2.83. The van der Waals surface area contributed by atoms with E-state index in [0.29, 0.717) is 0 Å². The van der Waals surface area contributed by atoms with Crippen LogP contribution in [0.2, 0.25) is 0 Å². The van der Waals surface area contributed by atoms with E-state index in [1.54, 1.807) is 16.8 Å². The van der Waals surface area contributed by atoms with Crippen molar-refractivity contribution in [3.05, 3.63) is 54.2 Å². The number of pyridine rings is 1. The van der Waals surface area contributed by atoms with Crippen molar-refractivity contribution in [1.82, 2.24) is 24.5 Å². The maximum Gasteiger partial charge on any atom is 0.182 e. The van der Waals surface area contributed by atoms with Crippen LogP contribution in [0.5, 0.6) is 5.75 Å². The Morgan fingerprint density at radius 2 is 2.06 bits per heavy atom. The summed E-state index contributed by atoms with van der Waals surface area (Å²) in [4.78, 5) is 4.56. The molecule has 1 N–H and O–H groups in total. The zero-order valence-electron chi connectivity index (χ0n) is 19.2. The van der Waals surface area contributed by atoms with Gasteiger partial charge < -0.3 is 10.1 Å². The number of aryl methyl sites for hydroxylation is 1. The van der Waals surface area contributed by atoms with Crippen molar-refractivity contribution in [3.63, 3.8) is 0 Å². The first-order valence-corrected chi connectivity index (χ1v) is 11.5. The molecule has 4 aromatic rings. The molecular weight excluding hydrogens is 433 g/mol. The molecule has 174 valence electrons. The molecule has 1 aliphatic carbocycles. The van der Waals surface area contributed by atoms with Crippen molar-refractivity contribution in [2.75, 3.05) is 11.9 Å². The molecule has 1 aliphatic rings. The maximum atomic E-state index is 14.4. The van der Waals surface area contributed by atoms with Crippen molar-refractivity contribution in [2.24, 2.45) is 7.05 Å². The Balaban J connectivity index is 1.40. The number of ether oxygens (including phenoxy) is 1. The number of hydrogen-bond donors (Lipinski definition) is 1. The molecule has 1 fully saturated rings.